The fourth-order valence-corrected chi connectivity index (χ4v) is 3.10. The lowest BCUT2D eigenvalue weighted by atomic mass is 10.3. The van der Waals surface area contributed by atoms with Gasteiger partial charge in [-0.15, -0.1) is 11.3 Å². The van der Waals surface area contributed by atoms with Crippen LogP contribution in [0, 0.1) is 0 Å². The highest BCUT2D eigenvalue weighted by molar-refractivity contribution is 7.09. The molecule has 2 amide bonds. The Bertz CT molecular complexity index is 403. The van der Waals surface area contributed by atoms with Gasteiger partial charge in [-0.3, -0.25) is 4.90 Å². The average molecular weight is 311 g/mol. The number of rotatable bonds is 7. The molecular formula is C15H25N3O2S. The SMILES string of the molecule is CCOCCCNC(=O)N1CCN(Cc2cccs2)CC1. The maximum atomic E-state index is 12.0. The van der Waals surface area contributed by atoms with Crippen LogP contribution in [0.25, 0.3) is 0 Å². The quantitative estimate of drug-likeness (QED) is 0.784. The molecule has 1 aromatic heterocycles. The Morgan fingerprint density at radius 1 is 1.38 bits per heavy atom. The van der Waals surface area contributed by atoms with Crippen LogP contribution < -0.4 is 5.32 Å². The van der Waals surface area contributed by atoms with Crippen molar-refractivity contribution in [2.45, 2.75) is 19.9 Å². The highest BCUT2D eigenvalue weighted by Gasteiger charge is 2.20. The van der Waals surface area contributed by atoms with Gasteiger partial charge in [-0.25, -0.2) is 4.79 Å². The van der Waals surface area contributed by atoms with E-state index < -0.39 is 0 Å². The Hall–Kier alpha value is -1.11. The van der Waals surface area contributed by atoms with E-state index >= 15 is 0 Å². The van der Waals surface area contributed by atoms with E-state index in [2.05, 4.69) is 27.7 Å². The van der Waals surface area contributed by atoms with Crippen LogP contribution in [0.15, 0.2) is 17.5 Å². The van der Waals surface area contributed by atoms with Gasteiger partial charge < -0.3 is 15.0 Å². The number of urea groups is 1. The molecule has 2 rings (SSSR count). The van der Waals surface area contributed by atoms with Crippen LogP contribution >= 0.6 is 11.3 Å². The van der Waals surface area contributed by atoms with Crippen LogP contribution in [0.1, 0.15) is 18.2 Å². The Kier molecular flexibility index (Phi) is 6.99. The van der Waals surface area contributed by atoms with E-state index in [0.29, 0.717) is 13.2 Å². The van der Waals surface area contributed by atoms with Crippen molar-refractivity contribution in [1.29, 1.82) is 0 Å². The maximum absolute atomic E-state index is 12.0. The zero-order valence-electron chi connectivity index (χ0n) is 12.7. The maximum Gasteiger partial charge on any atom is 0.317 e. The number of hydrogen-bond acceptors (Lipinski definition) is 4. The fraction of sp³-hybridized carbons (Fsp3) is 0.667. The van der Waals surface area contributed by atoms with Crippen molar-refractivity contribution in [2.75, 3.05) is 45.9 Å². The molecule has 0 saturated carbocycles. The molecule has 2 heterocycles. The molecule has 21 heavy (non-hydrogen) atoms. The molecule has 0 bridgehead atoms. The van der Waals surface area contributed by atoms with E-state index in [0.717, 1.165) is 45.8 Å². The standard InChI is InChI=1S/C15H25N3O2S/c1-2-20-11-4-6-16-15(19)18-9-7-17(8-10-18)13-14-5-3-12-21-14/h3,5,12H,2,4,6-11,13H2,1H3,(H,16,19). The molecule has 0 spiro atoms. The number of carbonyl (C=O) groups excluding carboxylic acids is 1. The number of nitrogens with one attached hydrogen (secondary N) is 1. The Morgan fingerprint density at radius 2 is 2.19 bits per heavy atom. The minimum Gasteiger partial charge on any atom is -0.382 e. The number of nitrogens with zero attached hydrogens (tertiary/aromatic N) is 2. The van der Waals surface area contributed by atoms with Crippen molar-refractivity contribution in [3.63, 3.8) is 0 Å². The third-order valence-corrected chi connectivity index (χ3v) is 4.43. The van der Waals surface area contributed by atoms with Gasteiger partial charge in [0.05, 0.1) is 0 Å². The fourth-order valence-electron chi connectivity index (χ4n) is 2.36. The third kappa shape index (κ3) is 5.65. The predicted octanol–water partition coefficient (Wildman–Crippen LogP) is 2.00. The van der Waals surface area contributed by atoms with Crippen molar-refractivity contribution < 1.29 is 9.53 Å². The first-order chi connectivity index (χ1) is 10.3. The summed E-state index contributed by atoms with van der Waals surface area (Å²) in [7, 11) is 0. The van der Waals surface area contributed by atoms with Crippen LogP contribution in [-0.2, 0) is 11.3 Å². The second-order valence-corrected chi connectivity index (χ2v) is 6.16. The molecule has 118 valence electrons. The van der Waals surface area contributed by atoms with Crippen molar-refractivity contribution in [2.24, 2.45) is 0 Å². The molecule has 1 saturated heterocycles. The molecule has 1 N–H and O–H groups in total. The van der Waals surface area contributed by atoms with Gasteiger partial charge in [-0.2, -0.15) is 0 Å². The first kappa shape index (κ1) is 16.3. The number of carbonyl (C=O) groups is 1. The minimum absolute atomic E-state index is 0.0577. The number of ether oxygens (including phenoxy) is 1. The van der Waals surface area contributed by atoms with Gasteiger partial charge in [0, 0.05) is 57.4 Å². The van der Waals surface area contributed by atoms with Gasteiger partial charge >= 0.3 is 6.03 Å². The summed E-state index contributed by atoms with van der Waals surface area (Å²) in [6.45, 7) is 8.63. The molecule has 0 aromatic carbocycles. The lowest BCUT2D eigenvalue weighted by Gasteiger charge is -2.34. The lowest BCUT2D eigenvalue weighted by Crippen LogP contribution is -2.51. The summed E-state index contributed by atoms with van der Waals surface area (Å²) in [4.78, 5) is 17.7. The first-order valence-electron chi connectivity index (χ1n) is 7.65. The lowest BCUT2D eigenvalue weighted by molar-refractivity contribution is 0.131. The topological polar surface area (TPSA) is 44.8 Å². The Morgan fingerprint density at radius 3 is 2.86 bits per heavy atom. The molecule has 0 radical (unpaired) electrons. The Balaban J connectivity index is 1.60. The van der Waals surface area contributed by atoms with E-state index in [4.69, 9.17) is 4.74 Å². The van der Waals surface area contributed by atoms with E-state index in [9.17, 15) is 4.79 Å². The van der Waals surface area contributed by atoms with E-state index in [-0.39, 0.29) is 6.03 Å². The first-order valence-corrected chi connectivity index (χ1v) is 8.53. The normalized spacial score (nSPS) is 16.1. The molecule has 5 nitrogen and oxygen atoms in total. The molecule has 0 aliphatic carbocycles. The van der Waals surface area contributed by atoms with Crippen molar-refractivity contribution in [1.82, 2.24) is 15.1 Å². The molecule has 0 atom stereocenters. The van der Waals surface area contributed by atoms with Gasteiger partial charge in [0.2, 0.25) is 0 Å². The minimum atomic E-state index is 0.0577. The summed E-state index contributed by atoms with van der Waals surface area (Å²) in [5.74, 6) is 0. The summed E-state index contributed by atoms with van der Waals surface area (Å²) < 4.78 is 5.25. The molecular weight excluding hydrogens is 286 g/mol. The summed E-state index contributed by atoms with van der Waals surface area (Å²) >= 11 is 1.79. The highest BCUT2D eigenvalue weighted by Crippen LogP contribution is 2.13. The van der Waals surface area contributed by atoms with Gasteiger partial charge in [-0.05, 0) is 24.8 Å². The molecule has 1 aliphatic heterocycles. The van der Waals surface area contributed by atoms with Gasteiger partial charge in [-0.1, -0.05) is 6.07 Å². The number of piperazine rings is 1. The predicted molar refractivity (Wildman–Crippen MR) is 85.7 cm³/mol. The largest absolute Gasteiger partial charge is 0.382 e. The van der Waals surface area contributed by atoms with Crippen LogP contribution in [0.3, 0.4) is 0 Å². The molecule has 1 fully saturated rings. The number of amides is 2. The molecule has 0 unspecified atom stereocenters. The van der Waals surface area contributed by atoms with Crippen molar-refractivity contribution in [3.05, 3.63) is 22.4 Å². The van der Waals surface area contributed by atoms with Crippen molar-refractivity contribution in [3.8, 4) is 0 Å². The van der Waals surface area contributed by atoms with Gasteiger partial charge in [0.25, 0.3) is 0 Å². The van der Waals surface area contributed by atoms with Crippen LogP contribution in [0.4, 0.5) is 4.79 Å². The highest BCUT2D eigenvalue weighted by atomic mass is 32.1. The van der Waals surface area contributed by atoms with E-state index in [1.165, 1.54) is 4.88 Å². The third-order valence-electron chi connectivity index (χ3n) is 3.56. The summed E-state index contributed by atoms with van der Waals surface area (Å²) in [6.07, 6.45) is 0.873. The van der Waals surface area contributed by atoms with Crippen LogP contribution in [0.2, 0.25) is 0 Å². The number of thiophene rings is 1. The molecule has 1 aliphatic rings. The number of hydrogen-bond donors (Lipinski definition) is 1. The molecule has 1 aromatic rings. The van der Waals surface area contributed by atoms with Crippen molar-refractivity contribution >= 4 is 17.4 Å². The van der Waals surface area contributed by atoms with Crippen LogP contribution in [-0.4, -0.2) is 61.8 Å². The monoisotopic (exact) mass is 311 g/mol. The van der Waals surface area contributed by atoms with E-state index in [1.54, 1.807) is 11.3 Å². The smallest absolute Gasteiger partial charge is 0.317 e. The average Bonchev–Trinajstić information content (AvgIpc) is 3.00. The van der Waals surface area contributed by atoms with E-state index in [1.807, 2.05) is 11.8 Å². The second-order valence-electron chi connectivity index (χ2n) is 5.12. The zero-order chi connectivity index (χ0) is 14.9. The summed E-state index contributed by atoms with van der Waals surface area (Å²) in [5, 5.41) is 5.07. The van der Waals surface area contributed by atoms with Crippen LogP contribution in [0.5, 0.6) is 0 Å². The second kappa shape index (κ2) is 9.02. The Labute approximate surface area is 130 Å². The van der Waals surface area contributed by atoms with Gasteiger partial charge in [0.1, 0.15) is 0 Å². The summed E-state index contributed by atoms with van der Waals surface area (Å²) in [6, 6.07) is 4.32. The molecule has 6 heteroatoms. The zero-order valence-corrected chi connectivity index (χ0v) is 13.5. The van der Waals surface area contributed by atoms with Gasteiger partial charge in [0.15, 0.2) is 0 Å². The summed E-state index contributed by atoms with van der Waals surface area (Å²) in [5.41, 5.74) is 0.